The lowest BCUT2D eigenvalue weighted by Gasteiger charge is -2.11. The highest BCUT2D eigenvalue weighted by molar-refractivity contribution is 9.10. The zero-order valence-corrected chi connectivity index (χ0v) is 12.1. The summed E-state index contributed by atoms with van der Waals surface area (Å²) < 4.78 is 6.56. The number of carboxylic acid groups (broad SMARTS) is 1. The van der Waals surface area contributed by atoms with Crippen LogP contribution in [0.15, 0.2) is 34.9 Å². The van der Waals surface area contributed by atoms with Crippen LogP contribution < -0.4 is 4.74 Å². The molecule has 0 aliphatic carbocycles. The number of halogens is 1. The molecule has 0 atom stereocenters. The molecule has 1 aromatic carbocycles. The molecule has 0 radical (unpaired) electrons. The van der Waals surface area contributed by atoms with Crippen LogP contribution in [0.5, 0.6) is 11.6 Å². The van der Waals surface area contributed by atoms with Gasteiger partial charge in [0.15, 0.2) is 0 Å². The summed E-state index contributed by atoms with van der Waals surface area (Å²) >= 11 is 3.33. The van der Waals surface area contributed by atoms with E-state index in [-0.39, 0.29) is 5.56 Å². The molecule has 0 saturated heterocycles. The van der Waals surface area contributed by atoms with Gasteiger partial charge in [-0.3, -0.25) is 0 Å². The highest BCUT2D eigenvalue weighted by Crippen LogP contribution is 2.28. The third kappa shape index (κ3) is 2.93. The zero-order chi connectivity index (χ0) is 14.0. The molecule has 0 saturated carbocycles. The van der Waals surface area contributed by atoms with E-state index in [1.165, 1.54) is 0 Å². The summed E-state index contributed by atoms with van der Waals surface area (Å²) in [5, 5.41) is 9.07. The van der Waals surface area contributed by atoms with Gasteiger partial charge in [0.05, 0.1) is 5.56 Å². The van der Waals surface area contributed by atoms with Gasteiger partial charge in [0.1, 0.15) is 5.75 Å². The van der Waals surface area contributed by atoms with Crippen LogP contribution in [-0.2, 0) is 0 Å². The van der Waals surface area contributed by atoms with Crippen molar-refractivity contribution >= 4 is 21.9 Å². The number of benzene rings is 1. The second-order valence-corrected chi connectivity index (χ2v) is 5.03. The quantitative estimate of drug-likeness (QED) is 0.929. The molecule has 0 spiro atoms. The van der Waals surface area contributed by atoms with Crippen molar-refractivity contribution in [2.24, 2.45) is 0 Å². The molecule has 0 aliphatic heterocycles. The van der Waals surface area contributed by atoms with Crippen LogP contribution in [0, 0.1) is 13.8 Å². The van der Waals surface area contributed by atoms with Crippen molar-refractivity contribution in [3.05, 3.63) is 51.6 Å². The zero-order valence-electron chi connectivity index (χ0n) is 10.5. The minimum absolute atomic E-state index is 0.229. The van der Waals surface area contributed by atoms with Gasteiger partial charge in [-0.15, -0.1) is 0 Å². The maximum Gasteiger partial charge on any atom is 0.336 e. The summed E-state index contributed by atoms with van der Waals surface area (Å²) in [6.07, 6.45) is 1.64. The summed E-state index contributed by atoms with van der Waals surface area (Å²) in [6.45, 7) is 3.59. The van der Waals surface area contributed by atoms with Gasteiger partial charge >= 0.3 is 5.97 Å². The molecule has 4 nitrogen and oxygen atoms in total. The minimum Gasteiger partial charge on any atom is -0.478 e. The Hall–Kier alpha value is -1.88. The molecule has 1 aromatic heterocycles. The maximum absolute atomic E-state index is 11.1. The first-order valence-electron chi connectivity index (χ1n) is 5.62. The average Bonchev–Trinajstić information content (AvgIpc) is 2.34. The first kappa shape index (κ1) is 13.5. The fourth-order valence-corrected chi connectivity index (χ4v) is 2.14. The van der Waals surface area contributed by atoms with Crippen molar-refractivity contribution < 1.29 is 14.6 Å². The molecular formula is C14H12BrNO3. The molecule has 1 N–H and O–H groups in total. The van der Waals surface area contributed by atoms with E-state index in [0.29, 0.717) is 17.2 Å². The van der Waals surface area contributed by atoms with Crippen molar-refractivity contribution in [2.45, 2.75) is 13.8 Å². The Balaban J connectivity index is 2.38. The van der Waals surface area contributed by atoms with Gasteiger partial charge in [-0.05, 0) is 48.0 Å². The molecular weight excluding hydrogens is 310 g/mol. The van der Waals surface area contributed by atoms with Gasteiger partial charge in [0.25, 0.3) is 0 Å². The summed E-state index contributed by atoms with van der Waals surface area (Å²) in [4.78, 5) is 15.2. The van der Waals surface area contributed by atoms with E-state index in [1.807, 2.05) is 13.0 Å². The average molecular weight is 322 g/mol. The third-order valence-corrected chi connectivity index (χ3v) is 3.15. The van der Waals surface area contributed by atoms with Crippen LogP contribution in [0.2, 0.25) is 0 Å². The molecule has 1 heterocycles. The summed E-state index contributed by atoms with van der Waals surface area (Å²) in [5.41, 5.74) is 1.68. The molecule has 98 valence electrons. The lowest BCUT2D eigenvalue weighted by molar-refractivity contribution is 0.0695. The number of hydrogen-bond acceptors (Lipinski definition) is 3. The summed E-state index contributed by atoms with van der Waals surface area (Å²) in [6, 6.07) is 6.82. The van der Waals surface area contributed by atoms with Gasteiger partial charge < -0.3 is 9.84 Å². The van der Waals surface area contributed by atoms with E-state index in [1.54, 1.807) is 31.3 Å². The predicted octanol–water partition coefficient (Wildman–Crippen LogP) is 3.95. The second-order valence-electron chi connectivity index (χ2n) is 4.11. The van der Waals surface area contributed by atoms with Gasteiger partial charge in [0, 0.05) is 21.8 Å². The van der Waals surface area contributed by atoms with Gasteiger partial charge in [-0.1, -0.05) is 6.07 Å². The normalized spacial score (nSPS) is 10.3. The number of pyridine rings is 1. The highest BCUT2D eigenvalue weighted by atomic mass is 79.9. The maximum atomic E-state index is 11.1. The van der Waals surface area contributed by atoms with E-state index in [2.05, 4.69) is 20.9 Å². The Morgan fingerprint density at radius 2 is 2.11 bits per heavy atom. The van der Waals surface area contributed by atoms with Crippen LogP contribution in [0.4, 0.5) is 0 Å². The molecule has 0 fully saturated rings. The molecule has 2 aromatic rings. The first-order valence-corrected chi connectivity index (χ1v) is 6.41. The van der Waals surface area contributed by atoms with E-state index >= 15 is 0 Å². The van der Waals surface area contributed by atoms with E-state index in [4.69, 9.17) is 9.84 Å². The molecule has 0 unspecified atom stereocenters. The van der Waals surface area contributed by atoms with Crippen LogP contribution >= 0.6 is 15.9 Å². The van der Waals surface area contributed by atoms with Crippen molar-refractivity contribution in [2.75, 3.05) is 0 Å². The van der Waals surface area contributed by atoms with Crippen LogP contribution in [-0.4, -0.2) is 16.1 Å². The Morgan fingerprint density at radius 1 is 1.37 bits per heavy atom. The van der Waals surface area contributed by atoms with Gasteiger partial charge in [-0.25, -0.2) is 9.78 Å². The lowest BCUT2D eigenvalue weighted by atomic mass is 10.1. The summed E-state index contributed by atoms with van der Waals surface area (Å²) in [7, 11) is 0. The Kier molecular flexibility index (Phi) is 3.85. The van der Waals surface area contributed by atoms with E-state index in [0.717, 1.165) is 10.0 Å². The monoisotopic (exact) mass is 321 g/mol. The fourth-order valence-electron chi connectivity index (χ4n) is 1.70. The predicted molar refractivity (Wildman–Crippen MR) is 74.9 cm³/mol. The van der Waals surface area contributed by atoms with Crippen LogP contribution in [0.25, 0.3) is 0 Å². The molecule has 0 amide bonds. The number of hydrogen-bond donors (Lipinski definition) is 1. The van der Waals surface area contributed by atoms with E-state index < -0.39 is 5.97 Å². The first-order chi connectivity index (χ1) is 8.99. The smallest absolute Gasteiger partial charge is 0.336 e. The van der Waals surface area contributed by atoms with Crippen LogP contribution in [0.1, 0.15) is 21.5 Å². The number of carboxylic acids is 1. The largest absolute Gasteiger partial charge is 0.478 e. The van der Waals surface area contributed by atoms with Gasteiger partial charge in [-0.2, -0.15) is 0 Å². The number of aromatic nitrogens is 1. The Bertz CT molecular complexity index is 641. The number of ether oxygens (including phenoxy) is 1. The Labute approximate surface area is 119 Å². The number of rotatable bonds is 3. The molecule has 2 rings (SSSR count). The molecule has 5 heteroatoms. The summed E-state index contributed by atoms with van der Waals surface area (Å²) in [5.74, 6) is -0.00454. The third-order valence-electron chi connectivity index (χ3n) is 2.72. The second kappa shape index (κ2) is 5.40. The Morgan fingerprint density at radius 3 is 2.74 bits per heavy atom. The lowest BCUT2D eigenvalue weighted by Crippen LogP contribution is -2.01. The topological polar surface area (TPSA) is 59.4 Å². The van der Waals surface area contributed by atoms with Crippen molar-refractivity contribution in [3.63, 3.8) is 0 Å². The van der Waals surface area contributed by atoms with Gasteiger partial charge in [0.2, 0.25) is 5.88 Å². The fraction of sp³-hybridized carbons (Fsp3) is 0.143. The number of nitrogens with zero attached hydrogens (tertiary/aromatic N) is 1. The van der Waals surface area contributed by atoms with Crippen LogP contribution in [0.3, 0.4) is 0 Å². The van der Waals surface area contributed by atoms with Crippen molar-refractivity contribution in [1.82, 2.24) is 4.98 Å². The van der Waals surface area contributed by atoms with E-state index in [9.17, 15) is 4.79 Å². The van der Waals surface area contributed by atoms with Crippen molar-refractivity contribution in [3.8, 4) is 11.6 Å². The molecule has 0 aliphatic rings. The SMILES string of the molecule is Cc1cc(Br)cnc1Oc1cccc(C(=O)O)c1C. The highest BCUT2D eigenvalue weighted by Gasteiger charge is 2.12. The molecule has 0 bridgehead atoms. The minimum atomic E-state index is -0.969. The number of aryl methyl sites for hydroxylation is 1. The number of aromatic carboxylic acids is 1. The standard InChI is InChI=1S/C14H12BrNO3/c1-8-6-10(15)7-16-13(8)19-12-5-3-4-11(9(12)2)14(17)18/h3-7H,1-2H3,(H,17,18). The number of carbonyl (C=O) groups is 1. The molecule has 19 heavy (non-hydrogen) atoms. The van der Waals surface area contributed by atoms with Crippen molar-refractivity contribution in [1.29, 1.82) is 0 Å².